The summed E-state index contributed by atoms with van der Waals surface area (Å²) in [5.41, 5.74) is 2.53. The lowest BCUT2D eigenvalue weighted by atomic mass is 10.1. The van der Waals surface area contributed by atoms with E-state index in [1.807, 2.05) is 19.1 Å². The number of amides is 1. The second kappa shape index (κ2) is 7.65. The predicted molar refractivity (Wildman–Crippen MR) is 99.4 cm³/mol. The second-order valence-electron chi connectivity index (χ2n) is 5.63. The Balaban J connectivity index is 1.71. The highest BCUT2D eigenvalue weighted by molar-refractivity contribution is 9.10. The third kappa shape index (κ3) is 3.91. The largest absolute Gasteiger partial charge is 0.480 e. The molecule has 0 radical (unpaired) electrons. The number of nitrogens with zero attached hydrogens (tertiary/aromatic N) is 2. The smallest absolute Gasteiger partial charge is 0.266 e. The van der Waals surface area contributed by atoms with Gasteiger partial charge >= 0.3 is 0 Å². The van der Waals surface area contributed by atoms with E-state index in [1.165, 1.54) is 18.2 Å². The molecule has 1 amide bonds. The molecule has 2 aromatic heterocycles. The SMILES string of the molecule is Cc1c(NC(=O)C(C)Oc2ccc(F)cc2Br)n[nH]c1-c1ccncc1. The summed E-state index contributed by atoms with van der Waals surface area (Å²) in [6, 6.07) is 7.71. The zero-order valence-corrected chi connectivity index (χ0v) is 15.7. The number of rotatable bonds is 5. The van der Waals surface area contributed by atoms with Gasteiger partial charge < -0.3 is 10.1 Å². The molecule has 1 aromatic carbocycles. The zero-order valence-electron chi connectivity index (χ0n) is 14.1. The number of H-pyrrole nitrogens is 1. The Morgan fingerprint density at radius 3 is 2.73 bits per heavy atom. The summed E-state index contributed by atoms with van der Waals surface area (Å²) in [7, 11) is 0. The predicted octanol–water partition coefficient (Wildman–Crippen LogP) is 4.09. The molecule has 6 nitrogen and oxygen atoms in total. The van der Waals surface area contributed by atoms with Gasteiger partial charge in [-0.25, -0.2) is 4.39 Å². The van der Waals surface area contributed by atoms with Crippen molar-refractivity contribution in [2.24, 2.45) is 0 Å². The number of aromatic nitrogens is 3. The number of aromatic amines is 1. The molecule has 134 valence electrons. The van der Waals surface area contributed by atoms with Gasteiger partial charge in [-0.1, -0.05) is 0 Å². The molecule has 26 heavy (non-hydrogen) atoms. The fourth-order valence-corrected chi connectivity index (χ4v) is 2.80. The standard InChI is InChI=1S/C18H16BrFN4O2/c1-10-16(12-5-7-21-8-6-12)23-24-17(10)22-18(25)11(2)26-15-4-3-13(20)9-14(15)19/h3-9,11H,1-2H3,(H2,22,23,24,25). The normalized spacial score (nSPS) is 11.8. The van der Waals surface area contributed by atoms with E-state index < -0.39 is 11.9 Å². The fourth-order valence-electron chi connectivity index (χ4n) is 2.35. The highest BCUT2D eigenvalue weighted by Crippen LogP contribution is 2.27. The van der Waals surface area contributed by atoms with Crippen LogP contribution >= 0.6 is 15.9 Å². The van der Waals surface area contributed by atoms with Crippen molar-refractivity contribution < 1.29 is 13.9 Å². The molecule has 1 unspecified atom stereocenters. The molecule has 1 atom stereocenters. The van der Waals surface area contributed by atoms with Crippen molar-refractivity contribution in [1.82, 2.24) is 15.2 Å². The maximum atomic E-state index is 13.1. The number of anilines is 1. The summed E-state index contributed by atoms with van der Waals surface area (Å²) in [6.45, 7) is 3.47. The van der Waals surface area contributed by atoms with Gasteiger partial charge in [0.25, 0.3) is 5.91 Å². The number of halogens is 2. The Morgan fingerprint density at radius 1 is 1.31 bits per heavy atom. The topological polar surface area (TPSA) is 79.9 Å². The van der Waals surface area contributed by atoms with Crippen molar-refractivity contribution in [3.63, 3.8) is 0 Å². The molecule has 0 spiro atoms. The Kier molecular flexibility index (Phi) is 5.32. The minimum absolute atomic E-state index is 0.364. The monoisotopic (exact) mass is 418 g/mol. The van der Waals surface area contributed by atoms with Gasteiger partial charge in [-0.2, -0.15) is 5.10 Å². The number of hydrogen-bond acceptors (Lipinski definition) is 4. The molecule has 0 aliphatic carbocycles. The molecular weight excluding hydrogens is 403 g/mol. The van der Waals surface area contributed by atoms with Crippen molar-refractivity contribution in [1.29, 1.82) is 0 Å². The molecule has 8 heteroatoms. The third-order valence-corrected chi connectivity index (χ3v) is 4.41. The van der Waals surface area contributed by atoms with Crippen LogP contribution in [0.3, 0.4) is 0 Å². The number of ether oxygens (including phenoxy) is 1. The number of hydrogen-bond donors (Lipinski definition) is 2. The summed E-state index contributed by atoms with van der Waals surface area (Å²) in [6.07, 6.45) is 2.58. The van der Waals surface area contributed by atoms with Crippen LogP contribution in [-0.4, -0.2) is 27.2 Å². The fraction of sp³-hybridized carbons (Fsp3) is 0.167. The minimum atomic E-state index is -0.794. The van der Waals surface area contributed by atoms with E-state index in [4.69, 9.17) is 4.74 Å². The van der Waals surface area contributed by atoms with Gasteiger partial charge in [0.2, 0.25) is 0 Å². The molecule has 2 heterocycles. The van der Waals surface area contributed by atoms with E-state index >= 15 is 0 Å². The molecule has 3 rings (SSSR count). The van der Waals surface area contributed by atoms with Crippen LogP contribution in [0, 0.1) is 12.7 Å². The Morgan fingerprint density at radius 2 is 2.04 bits per heavy atom. The van der Waals surface area contributed by atoms with Crippen molar-refractivity contribution in [3.05, 3.63) is 58.6 Å². The van der Waals surface area contributed by atoms with Crippen LogP contribution in [0.15, 0.2) is 47.2 Å². The first kappa shape index (κ1) is 18.1. The van der Waals surface area contributed by atoms with Gasteiger partial charge in [0, 0.05) is 23.5 Å². The molecule has 3 aromatic rings. The van der Waals surface area contributed by atoms with Gasteiger partial charge in [0.05, 0.1) is 10.2 Å². The van der Waals surface area contributed by atoms with Crippen LogP contribution in [-0.2, 0) is 4.79 Å². The zero-order chi connectivity index (χ0) is 18.7. The lowest BCUT2D eigenvalue weighted by Crippen LogP contribution is -2.30. The first-order chi connectivity index (χ1) is 12.5. The van der Waals surface area contributed by atoms with E-state index in [0.717, 1.165) is 16.8 Å². The van der Waals surface area contributed by atoms with E-state index in [2.05, 4.69) is 36.4 Å². The summed E-state index contributed by atoms with van der Waals surface area (Å²) in [5, 5.41) is 9.82. The lowest BCUT2D eigenvalue weighted by molar-refractivity contribution is -0.122. The van der Waals surface area contributed by atoms with E-state index in [0.29, 0.717) is 16.0 Å². The number of pyridine rings is 1. The highest BCUT2D eigenvalue weighted by Gasteiger charge is 2.19. The highest BCUT2D eigenvalue weighted by atomic mass is 79.9. The summed E-state index contributed by atoms with van der Waals surface area (Å²) in [5.74, 6) is 0.0509. The van der Waals surface area contributed by atoms with Crippen LogP contribution in [0.5, 0.6) is 5.75 Å². The third-order valence-electron chi connectivity index (χ3n) is 3.79. The number of carbonyl (C=O) groups is 1. The maximum absolute atomic E-state index is 13.1. The van der Waals surface area contributed by atoms with Crippen molar-refractivity contribution in [3.8, 4) is 17.0 Å². The van der Waals surface area contributed by atoms with E-state index in [-0.39, 0.29) is 5.91 Å². The Bertz CT molecular complexity index is 930. The second-order valence-corrected chi connectivity index (χ2v) is 6.49. The average Bonchev–Trinajstić information content (AvgIpc) is 2.98. The van der Waals surface area contributed by atoms with Gasteiger partial charge in [-0.3, -0.25) is 14.9 Å². The summed E-state index contributed by atoms with van der Waals surface area (Å²) < 4.78 is 19.2. The number of nitrogens with one attached hydrogen (secondary N) is 2. The van der Waals surface area contributed by atoms with E-state index in [1.54, 1.807) is 19.3 Å². The van der Waals surface area contributed by atoms with Crippen LogP contribution in [0.1, 0.15) is 12.5 Å². The molecule has 0 fully saturated rings. The minimum Gasteiger partial charge on any atom is -0.480 e. The van der Waals surface area contributed by atoms with Crippen molar-refractivity contribution in [2.45, 2.75) is 20.0 Å². The molecule has 0 saturated carbocycles. The maximum Gasteiger partial charge on any atom is 0.266 e. The molecule has 0 aliphatic heterocycles. The quantitative estimate of drug-likeness (QED) is 0.653. The molecule has 2 N–H and O–H groups in total. The average molecular weight is 419 g/mol. The molecule has 0 aliphatic rings. The van der Waals surface area contributed by atoms with Gasteiger partial charge in [-0.05, 0) is 60.1 Å². The number of benzene rings is 1. The van der Waals surface area contributed by atoms with E-state index in [9.17, 15) is 9.18 Å². The van der Waals surface area contributed by atoms with Crippen LogP contribution in [0.2, 0.25) is 0 Å². The van der Waals surface area contributed by atoms with Gasteiger partial charge in [-0.15, -0.1) is 0 Å². The van der Waals surface area contributed by atoms with Crippen LogP contribution in [0.4, 0.5) is 10.2 Å². The Labute approximate surface area is 157 Å². The first-order valence-corrected chi connectivity index (χ1v) is 8.63. The van der Waals surface area contributed by atoms with Crippen LogP contribution < -0.4 is 10.1 Å². The van der Waals surface area contributed by atoms with Crippen LogP contribution in [0.25, 0.3) is 11.3 Å². The molecule has 0 bridgehead atoms. The van der Waals surface area contributed by atoms with Gasteiger partial charge in [0.15, 0.2) is 11.9 Å². The molecule has 0 saturated heterocycles. The summed E-state index contributed by atoms with van der Waals surface area (Å²) >= 11 is 3.21. The number of carbonyl (C=O) groups excluding carboxylic acids is 1. The lowest BCUT2D eigenvalue weighted by Gasteiger charge is -2.15. The van der Waals surface area contributed by atoms with Crippen molar-refractivity contribution >= 4 is 27.7 Å². The molecular formula is C18H16BrFN4O2. The first-order valence-electron chi connectivity index (χ1n) is 7.83. The summed E-state index contributed by atoms with van der Waals surface area (Å²) in [4.78, 5) is 16.4. The Hall–Kier alpha value is -2.74. The van der Waals surface area contributed by atoms with Gasteiger partial charge in [0.1, 0.15) is 11.6 Å². The van der Waals surface area contributed by atoms with Crippen molar-refractivity contribution in [2.75, 3.05) is 5.32 Å².